The number of urea groups is 1. The maximum absolute atomic E-state index is 14.5. The molecular formula is C32H27F5N8O9S2. The van der Waals surface area contributed by atoms with Crippen molar-refractivity contribution in [2.24, 2.45) is 10.4 Å². The molecule has 0 unspecified atom stereocenters. The first-order valence-corrected chi connectivity index (χ1v) is 17.9. The minimum atomic E-state index is -4.71. The van der Waals surface area contributed by atoms with Gasteiger partial charge in [0.15, 0.2) is 12.4 Å². The standard InChI is InChI=1S/C18H17FN4O2S.C14H10F4N4O7S/c1-4-5-22-13-7-12(11(19)6-14(13)25-9-16(22)24)20-17-23-10-18(2,3)8-15(23)21-26-17;15-11(16)28-8-5-9(29-12(17)18)20-13(19-8)21-14(25)22-30(26,27)7-4-2-1-3-6(7)10(23)24/h1,6-7H,5,8-10H2,2-3H3;1-5,11-12H,(H,23,24)(H2,19,20,21,22,25)/b20-17-;. The van der Waals surface area contributed by atoms with Gasteiger partial charge in [0.05, 0.1) is 23.9 Å². The number of ether oxygens (including phenoxy) is 3. The SMILES string of the molecule is C#CCN1C(=O)COc2cc(F)c(/N=c3\snc4n3CC(C)(C)C4)cc21.O=C(Nc1nc(OC(F)F)cc(OC(F)F)n1)NS(=O)(=O)c1ccccc1C(=O)O. The minimum Gasteiger partial charge on any atom is -0.481 e. The number of alkyl halides is 4. The van der Waals surface area contributed by atoms with E-state index in [0.29, 0.717) is 22.3 Å². The third-order valence-corrected chi connectivity index (χ3v) is 9.56. The fourth-order valence-electron chi connectivity index (χ4n) is 5.19. The van der Waals surface area contributed by atoms with Gasteiger partial charge in [0.2, 0.25) is 22.5 Å². The zero-order valence-corrected chi connectivity index (χ0v) is 30.3. The zero-order chi connectivity index (χ0) is 40.9. The topological polar surface area (TPSA) is 217 Å². The van der Waals surface area contributed by atoms with Crippen molar-refractivity contribution < 1.29 is 64.1 Å². The van der Waals surface area contributed by atoms with E-state index in [2.05, 4.69) is 48.6 Å². The number of carbonyl (C=O) groups is 3. The van der Waals surface area contributed by atoms with Crippen molar-refractivity contribution in [2.75, 3.05) is 23.4 Å². The molecule has 0 fully saturated rings. The number of amides is 3. The Hall–Kier alpha value is -6.35. The molecule has 0 bridgehead atoms. The van der Waals surface area contributed by atoms with Crippen LogP contribution in [-0.4, -0.2) is 76.7 Å². The Morgan fingerprint density at radius 2 is 1.79 bits per heavy atom. The molecule has 2 aliphatic heterocycles. The summed E-state index contributed by atoms with van der Waals surface area (Å²) in [4.78, 5) is 47.4. The quantitative estimate of drug-likeness (QED) is 0.152. The van der Waals surface area contributed by atoms with Crippen LogP contribution in [0.4, 0.5) is 44.1 Å². The number of aromatic nitrogens is 4. The van der Waals surface area contributed by atoms with E-state index in [4.69, 9.17) is 16.3 Å². The van der Waals surface area contributed by atoms with E-state index in [1.807, 2.05) is 4.57 Å². The molecule has 17 nitrogen and oxygen atoms in total. The Kier molecular flexibility index (Phi) is 12.1. The molecule has 2 aliphatic rings. The Balaban J connectivity index is 0.000000216. The van der Waals surface area contributed by atoms with Gasteiger partial charge in [0, 0.05) is 30.6 Å². The van der Waals surface area contributed by atoms with Crippen molar-refractivity contribution in [3.05, 3.63) is 64.5 Å². The van der Waals surface area contributed by atoms with Gasteiger partial charge in [-0.15, -0.1) is 6.42 Å². The monoisotopic (exact) mass is 826 g/mol. The molecule has 2 aromatic heterocycles. The number of nitrogens with one attached hydrogen (secondary N) is 2. The van der Waals surface area contributed by atoms with Crippen molar-refractivity contribution in [3.63, 3.8) is 0 Å². The van der Waals surface area contributed by atoms with Crippen LogP contribution in [-0.2, 0) is 27.8 Å². The molecular weight excluding hydrogens is 800 g/mol. The van der Waals surface area contributed by atoms with E-state index in [1.165, 1.54) is 45.4 Å². The van der Waals surface area contributed by atoms with E-state index in [-0.39, 0.29) is 30.2 Å². The summed E-state index contributed by atoms with van der Waals surface area (Å²) in [6, 6.07) is 5.98. The first-order chi connectivity index (χ1) is 26.4. The predicted octanol–water partition coefficient (Wildman–Crippen LogP) is 4.15. The number of halogens is 5. The normalized spacial score (nSPS) is 14.5. The Bertz CT molecular complexity index is 2370. The zero-order valence-electron chi connectivity index (χ0n) is 28.7. The lowest BCUT2D eigenvalue weighted by Gasteiger charge is -2.28. The highest BCUT2D eigenvalue weighted by Gasteiger charge is 2.31. The van der Waals surface area contributed by atoms with Crippen molar-refractivity contribution in [1.29, 1.82) is 0 Å². The summed E-state index contributed by atoms with van der Waals surface area (Å²) in [5.74, 6) is -1.53. The van der Waals surface area contributed by atoms with Crippen LogP contribution in [0.25, 0.3) is 0 Å². The van der Waals surface area contributed by atoms with Gasteiger partial charge in [-0.25, -0.2) is 32.1 Å². The first kappa shape index (κ1) is 40.8. The number of hydrogen-bond donors (Lipinski definition) is 3. The van der Waals surface area contributed by atoms with Crippen LogP contribution in [0.3, 0.4) is 0 Å². The number of benzene rings is 2. The Morgan fingerprint density at radius 1 is 1.12 bits per heavy atom. The molecule has 4 aromatic rings. The largest absolute Gasteiger partial charge is 0.481 e. The van der Waals surface area contributed by atoms with Gasteiger partial charge >= 0.3 is 25.2 Å². The highest BCUT2D eigenvalue weighted by Crippen LogP contribution is 2.37. The number of anilines is 2. The molecule has 6 rings (SSSR count). The second-order valence-corrected chi connectivity index (χ2v) is 14.5. The molecule has 3 N–H and O–H groups in total. The van der Waals surface area contributed by atoms with E-state index in [0.717, 1.165) is 30.9 Å². The second-order valence-electron chi connectivity index (χ2n) is 12.2. The van der Waals surface area contributed by atoms with Crippen LogP contribution in [0.2, 0.25) is 0 Å². The van der Waals surface area contributed by atoms with Gasteiger partial charge in [-0.3, -0.25) is 15.0 Å². The summed E-state index contributed by atoms with van der Waals surface area (Å²) in [5, 5.41) is 10.7. The van der Waals surface area contributed by atoms with Crippen LogP contribution in [0.15, 0.2) is 52.4 Å². The number of rotatable bonds is 10. The van der Waals surface area contributed by atoms with Crippen LogP contribution in [0.1, 0.15) is 30.0 Å². The fourth-order valence-corrected chi connectivity index (χ4v) is 7.06. The van der Waals surface area contributed by atoms with Gasteiger partial charge < -0.3 is 23.9 Å². The van der Waals surface area contributed by atoms with E-state index >= 15 is 0 Å². The number of carboxylic acids is 1. The molecule has 0 radical (unpaired) electrons. The lowest BCUT2D eigenvalue weighted by Crippen LogP contribution is -2.39. The number of hydrogen-bond acceptors (Lipinski definition) is 13. The lowest BCUT2D eigenvalue weighted by molar-refractivity contribution is -0.121. The molecule has 4 heterocycles. The number of carboxylic acid groups (broad SMARTS) is 1. The summed E-state index contributed by atoms with van der Waals surface area (Å²) in [6.07, 6.45) is 6.22. The number of sulfonamides is 1. The van der Waals surface area contributed by atoms with Gasteiger partial charge in [-0.05, 0) is 23.6 Å². The molecule has 0 spiro atoms. The third kappa shape index (κ3) is 9.84. The third-order valence-electron chi connectivity index (χ3n) is 7.39. The van der Waals surface area contributed by atoms with Gasteiger partial charge in [-0.2, -0.15) is 31.9 Å². The number of nitrogens with zero attached hydrogens (tertiary/aromatic N) is 6. The number of terminal acetylenes is 1. The average Bonchev–Trinajstić information content (AvgIpc) is 3.60. The van der Waals surface area contributed by atoms with Gasteiger partial charge in [-0.1, -0.05) is 31.9 Å². The summed E-state index contributed by atoms with van der Waals surface area (Å²) >= 11 is 1.24. The Labute approximate surface area is 317 Å². The molecule has 0 atom stereocenters. The highest BCUT2D eigenvalue weighted by molar-refractivity contribution is 7.90. The second kappa shape index (κ2) is 16.6. The van der Waals surface area contributed by atoms with E-state index in [9.17, 15) is 44.8 Å². The summed E-state index contributed by atoms with van der Waals surface area (Å²) in [5.41, 5.74) is 0.0336. The smallest absolute Gasteiger partial charge is 0.388 e. The molecule has 24 heteroatoms. The van der Waals surface area contributed by atoms with Crippen molar-refractivity contribution >= 4 is 56.8 Å². The molecule has 296 valence electrons. The summed E-state index contributed by atoms with van der Waals surface area (Å²) in [7, 11) is -4.71. The fraction of sp³-hybridized carbons (Fsp3) is 0.281. The maximum atomic E-state index is 14.5. The van der Waals surface area contributed by atoms with Crippen LogP contribution < -0.4 is 34.0 Å². The molecule has 0 aliphatic carbocycles. The predicted molar refractivity (Wildman–Crippen MR) is 184 cm³/mol. The number of aromatic carboxylic acids is 1. The molecule has 2 aromatic carbocycles. The van der Waals surface area contributed by atoms with Crippen LogP contribution >= 0.6 is 11.5 Å². The lowest BCUT2D eigenvalue weighted by atomic mass is 9.92. The maximum Gasteiger partial charge on any atom is 0.388 e. The van der Waals surface area contributed by atoms with Crippen LogP contribution in [0, 0.1) is 23.6 Å². The van der Waals surface area contributed by atoms with Crippen molar-refractivity contribution in [2.45, 2.75) is 44.9 Å². The number of carbonyl (C=O) groups excluding carboxylic acids is 2. The summed E-state index contributed by atoms with van der Waals surface area (Å²) in [6.45, 7) is -1.76. The Morgan fingerprint density at radius 3 is 2.41 bits per heavy atom. The molecule has 56 heavy (non-hydrogen) atoms. The number of fused-ring (bicyclic) bond motifs is 2. The van der Waals surface area contributed by atoms with Crippen molar-refractivity contribution in [3.8, 4) is 29.9 Å². The summed E-state index contributed by atoms with van der Waals surface area (Å²) < 4.78 is 109. The van der Waals surface area contributed by atoms with Crippen LogP contribution in [0.5, 0.6) is 17.5 Å². The van der Waals surface area contributed by atoms with E-state index < -0.39 is 69.2 Å². The average molecular weight is 827 g/mol. The highest BCUT2D eigenvalue weighted by atomic mass is 32.2. The van der Waals surface area contributed by atoms with Crippen molar-refractivity contribution in [1.82, 2.24) is 23.6 Å². The molecule has 3 amide bonds. The molecule has 0 saturated carbocycles. The van der Waals surface area contributed by atoms with E-state index in [1.54, 1.807) is 5.32 Å². The van der Waals surface area contributed by atoms with Gasteiger partial charge in [0.25, 0.3) is 15.9 Å². The minimum absolute atomic E-state index is 0.0964. The van der Waals surface area contributed by atoms with Gasteiger partial charge in [0.1, 0.15) is 22.2 Å². The first-order valence-electron chi connectivity index (χ1n) is 15.6. The molecule has 0 saturated heterocycles.